The molecule has 0 aromatic carbocycles. The molecule has 0 aliphatic carbocycles. The van der Waals surface area contributed by atoms with Gasteiger partial charge >= 0.3 is 30.4 Å². The number of hydrogen-bond acceptors (Lipinski definition) is 4. The summed E-state index contributed by atoms with van der Waals surface area (Å²) >= 11 is 0. The second kappa shape index (κ2) is 8.35. The van der Waals surface area contributed by atoms with Crippen molar-refractivity contribution in [2.75, 3.05) is 6.16 Å². The molecule has 0 unspecified atom stereocenters. The topological polar surface area (TPSA) is 230 Å². The molecule has 0 aliphatic heterocycles. The van der Waals surface area contributed by atoms with Crippen molar-refractivity contribution >= 4 is 30.4 Å². The zero-order valence-corrected chi connectivity index (χ0v) is 15.8. The first-order valence-corrected chi connectivity index (χ1v) is 13.0. The van der Waals surface area contributed by atoms with E-state index >= 15 is 0 Å². The molecule has 0 aromatic heterocycles. The summed E-state index contributed by atoms with van der Waals surface area (Å²) in [6, 6.07) is 0. The molecule has 0 spiro atoms. The summed E-state index contributed by atoms with van der Waals surface area (Å²) in [6.07, 6.45) is -2.47. The van der Waals surface area contributed by atoms with Crippen LogP contribution >= 0.6 is 30.4 Å². The Bertz CT molecular complexity index is 609. The summed E-state index contributed by atoms with van der Waals surface area (Å²) in [4.78, 5) is 69.4. The Morgan fingerprint density at radius 3 is 1.54 bits per heavy atom. The van der Waals surface area contributed by atoms with Crippen molar-refractivity contribution in [2.45, 2.75) is 30.6 Å². The first-order valence-electron chi connectivity index (χ1n) is 6.30. The van der Waals surface area contributed by atoms with Gasteiger partial charge < -0.3 is 39.1 Å². The van der Waals surface area contributed by atoms with E-state index in [4.69, 9.17) is 19.6 Å². The molecule has 8 N–H and O–H groups in total. The molecular weight excluding hydrogens is 412 g/mol. The lowest BCUT2D eigenvalue weighted by atomic mass is 10.1. The average molecular weight is 432 g/mol. The summed E-state index contributed by atoms with van der Waals surface area (Å²) in [5.41, 5.74) is 0. The molecule has 0 fully saturated rings. The highest BCUT2D eigenvalue weighted by atomic mass is 31.2. The first-order chi connectivity index (χ1) is 10.4. The highest BCUT2D eigenvalue weighted by Gasteiger charge is 2.58. The Morgan fingerprint density at radius 1 is 0.750 bits per heavy atom. The molecule has 0 amide bonds. The van der Waals surface area contributed by atoms with Gasteiger partial charge in [0.15, 0.2) is 4.90 Å². The van der Waals surface area contributed by atoms with Crippen LogP contribution in [0.2, 0.25) is 0 Å². The van der Waals surface area contributed by atoms with E-state index in [-0.39, 0.29) is 18.7 Å². The third-order valence-corrected chi connectivity index (χ3v) is 9.15. The lowest BCUT2D eigenvalue weighted by Crippen LogP contribution is -2.28. The second-order valence-electron chi connectivity index (χ2n) is 5.09. The Balaban J connectivity index is 5.52. The van der Waals surface area contributed by atoms with Crippen molar-refractivity contribution in [3.63, 3.8) is 0 Å². The molecular formula is C8H20O12P4. The molecule has 16 heteroatoms. The Labute approximate surface area is 137 Å². The van der Waals surface area contributed by atoms with Gasteiger partial charge in [-0.1, -0.05) is 12.5 Å². The number of allylic oxidation sites excluding steroid dienone is 1. The van der Waals surface area contributed by atoms with E-state index in [9.17, 15) is 37.8 Å². The van der Waals surface area contributed by atoms with Crippen LogP contribution < -0.4 is 0 Å². The van der Waals surface area contributed by atoms with E-state index in [0.717, 1.165) is 0 Å². The lowest BCUT2D eigenvalue weighted by Gasteiger charge is -2.33. The van der Waals surface area contributed by atoms with Crippen molar-refractivity contribution in [1.29, 1.82) is 0 Å². The standard InChI is InChI=1S/C8H20O12P4/c9-21(10,11)6-2-1-4-8(23(15,16)17,24(18,19)20)5-3-7-22(12,13)14/h3,7H,1-2,4-6H2,(H2,9,10,11)(H2,12,13,14)(H2,15,16,17)(H2,18,19,20). The van der Waals surface area contributed by atoms with Crippen LogP contribution in [0.3, 0.4) is 0 Å². The SMILES string of the molecule is O=P(O)(O)C=CCC(CCCCP(=O)(O)O)(P(=O)(O)O)P(=O)(O)O. The fourth-order valence-corrected chi connectivity index (χ4v) is 5.86. The summed E-state index contributed by atoms with van der Waals surface area (Å²) in [6.45, 7) is 0. The van der Waals surface area contributed by atoms with Crippen molar-refractivity contribution < 1.29 is 57.4 Å². The van der Waals surface area contributed by atoms with E-state index < -0.39 is 54.3 Å². The predicted octanol–water partition coefficient (Wildman–Crippen LogP) is 0.468. The van der Waals surface area contributed by atoms with Gasteiger partial charge in [-0.15, -0.1) is 0 Å². The lowest BCUT2D eigenvalue weighted by molar-refractivity contribution is 0.298. The van der Waals surface area contributed by atoms with Crippen molar-refractivity contribution in [1.82, 2.24) is 0 Å². The molecule has 144 valence electrons. The second-order valence-corrected chi connectivity index (χ2v) is 12.6. The normalized spacial score (nSPS) is 15.2. The van der Waals surface area contributed by atoms with Crippen LogP contribution in [0.4, 0.5) is 0 Å². The average Bonchev–Trinajstić information content (AvgIpc) is 2.26. The zero-order valence-electron chi connectivity index (χ0n) is 12.2. The molecule has 24 heavy (non-hydrogen) atoms. The van der Waals surface area contributed by atoms with Crippen LogP contribution in [0.5, 0.6) is 0 Å². The van der Waals surface area contributed by atoms with Crippen LogP contribution in [0.15, 0.2) is 11.9 Å². The van der Waals surface area contributed by atoms with Gasteiger partial charge in [0.2, 0.25) is 0 Å². The van der Waals surface area contributed by atoms with Crippen LogP contribution in [-0.2, 0) is 18.3 Å². The van der Waals surface area contributed by atoms with E-state index in [1.807, 2.05) is 0 Å². The Morgan fingerprint density at radius 2 is 1.21 bits per heavy atom. The minimum absolute atomic E-state index is 0.256. The quantitative estimate of drug-likeness (QED) is 0.174. The van der Waals surface area contributed by atoms with Gasteiger partial charge in [0.05, 0.1) is 0 Å². The minimum atomic E-state index is -5.45. The molecule has 0 heterocycles. The van der Waals surface area contributed by atoms with Gasteiger partial charge in [0, 0.05) is 12.0 Å². The summed E-state index contributed by atoms with van der Waals surface area (Å²) in [7, 11) is -20.0. The van der Waals surface area contributed by atoms with Gasteiger partial charge in [-0.3, -0.25) is 18.3 Å². The summed E-state index contributed by atoms with van der Waals surface area (Å²) < 4.78 is 44.8. The van der Waals surface area contributed by atoms with Gasteiger partial charge in [0.25, 0.3) is 0 Å². The molecule has 0 atom stereocenters. The van der Waals surface area contributed by atoms with Crippen LogP contribution in [0.1, 0.15) is 25.7 Å². The Hall–Kier alpha value is 0.340. The smallest absolute Gasteiger partial charge is 0.324 e. The van der Waals surface area contributed by atoms with Gasteiger partial charge in [-0.2, -0.15) is 0 Å². The Kier molecular flexibility index (Phi) is 8.47. The van der Waals surface area contributed by atoms with Crippen LogP contribution in [0, 0.1) is 0 Å². The molecule has 0 aromatic rings. The maximum Gasteiger partial charge on any atom is 0.348 e. The molecule has 12 nitrogen and oxygen atoms in total. The maximum atomic E-state index is 11.7. The van der Waals surface area contributed by atoms with Crippen molar-refractivity contribution in [2.24, 2.45) is 0 Å². The summed E-state index contributed by atoms with van der Waals surface area (Å²) in [5, 5.41) is 0. The van der Waals surface area contributed by atoms with E-state index in [2.05, 4.69) is 0 Å². The highest BCUT2D eigenvalue weighted by Crippen LogP contribution is 2.72. The van der Waals surface area contributed by atoms with Gasteiger partial charge in [-0.05, 0) is 19.3 Å². The number of hydrogen-bond donors (Lipinski definition) is 8. The van der Waals surface area contributed by atoms with E-state index in [1.54, 1.807) is 0 Å². The van der Waals surface area contributed by atoms with E-state index in [0.29, 0.717) is 6.08 Å². The molecule has 0 radical (unpaired) electrons. The fourth-order valence-electron chi connectivity index (χ4n) is 1.91. The molecule has 0 bridgehead atoms. The molecule has 0 aliphatic rings. The number of unbranched alkanes of at least 4 members (excludes halogenated alkanes) is 1. The molecule has 0 rings (SSSR count). The van der Waals surface area contributed by atoms with Crippen molar-refractivity contribution in [3.05, 3.63) is 11.9 Å². The maximum absolute atomic E-state index is 11.7. The zero-order chi connectivity index (χ0) is 19.4. The van der Waals surface area contributed by atoms with E-state index in [1.165, 1.54) is 0 Å². The molecule has 0 saturated carbocycles. The highest BCUT2D eigenvalue weighted by molar-refractivity contribution is 7.72. The number of rotatable bonds is 10. The van der Waals surface area contributed by atoms with Gasteiger partial charge in [0.1, 0.15) is 0 Å². The van der Waals surface area contributed by atoms with Crippen LogP contribution in [0.25, 0.3) is 0 Å². The summed E-state index contributed by atoms with van der Waals surface area (Å²) in [5.74, 6) is 0.267. The van der Waals surface area contributed by atoms with Gasteiger partial charge in [-0.25, -0.2) is 0 Å². The third kappa shape index (κ3) is 8.15. The first kappa shape index (κ1) is 24.3. The monoisotopic (exact) mass is 432 g/mol. The fraction of sp³-hybridized carbons (Fsp3) is 0.750. The minimum Gasteiger partial charge on any atom is -0.324 e. The largest absolute Gasteiger partial charge is 0.348 e. The predicted molar refractivity (Wildman–Crippen MR) is 83.4 cm³/mol. The van der Waals surface area contributed by atoms with Crippen LogP contribution in [-0.4, -0.2) is 50.2 Å². The molecule has 0 saturated heterocycles. The van der Waals surface area contributed by atoms with Crippen molar-refractivity contribution in [3.8, 4) is 0 Å². The third-order valence-electron chi connectivity index (χ3n) is 3.11.